The number of ether oxygens (including phenoxy) is 2. The Morgan fingerprint density at radius 1 is 1.19 bits per heavy atom. The van der Waals surface area contributed by atoms with E-state index in [1.54, 1.807) is 7.11 Å². The predicted molar refractivity (Wildman–Crippen MR) is 124 cm³/mol. The number of methoxy groups -OCH3 is 1. The van der Waals surface area contributed by atoms with Crippen molar-refractivity contribution < 1.29 is 9.47 Å². The minimum atomic E-state index is 0. The third-order valence-electron chi connectivity index (χ3n) is 6.19. The van der Waals surface area contributed by atoms with E-state index < -0.39 is 0 Å². The molecule has 0 amide bonds. The third-order valence-corrected chi connectivity index (χ3v) is 6.19. The van der Waals surface area contributed by atoms with Crippen molar-refractivity contribution >= 4 is 29.9 Å². The molecule has 2 fully saturated rings. The second kappa shape index (κ2) is 11.8. The van der Waals surface area contributed by atoms with Crippen molar-refractivity contribution in [1.82, 2.24) is 10.6 Å². The van der Waals surface area contributed by atoms with Crippen molar-refractivity contribution in [3.05, 3.63) is 0 Å². The molecule has 0 aromatic heterocycles. The van der Waals surface area contributed by atoms with Gasteiger partial charge in [0.05, 0.1) is 6.10 Å². The van der Waals surface area contributed by atoms with Crippen molar-refractivity contribution in [3.63, 3.8) is 0 Å². The molecule has 0 radical (unpaired) electrons. The highest BCUT2D eigenvalue weighted by molar-refractivity contribution is 14.0. The van der Waals surface area contributed by atoms with Gasteiger partial charge in [-0.2, -0.15) is 0 Å². The lowest BCUT2D eigenvalue weighted by atomic mass is 9.78. The van der Waals surface area contributed by atoms with Gasteiger partial charge in [-0.05, 0) is 42.9 Å². The van der Waals surface area contributed by atoms with Gasteiger partial charge in [0.1, 0.15) is 0 Å². The van der Waals surface area contributed by atoms with E-state index in [9.17, 15) is 0 Å². The largest absolute Gasteiger partial charge is 0.385 e. The molecular weight excluding hydrogens is 453 g/mol. The SMILES string of the molecule is CN=C(NCC1CCCOC1C(C)(C)C)NCC1(CCOC)CCCC1.I. The number of nitrogens with zero attached hydrogens (tertiary/aromatic N) is 1. The monoisotopic (exact) mass is 495 g/mol. The molecule has 0 spiro atoms. The first-order valence-electron chi connectivity index (χ1n) is 10.5. The molecule has 5 nitrogen and oxygen atoms in total. The van der Waals surface area contributed by atoms with Gasteiger partial charge in [0.15, 0.2) is 5.96 Å². The molecule has 2 N–H and O–H groups in total. The van der Waals surface area contributed by atoms with Crippen LogP contribution in [0.25, 0.3) is 0 Å². The Morgan fingerprint density at radius 3 is 2.48 bits per heavy atom. The molecule has 1 saturated carbocycles. The number of nitrogens with one attached hydrogen (secondary N) is 2. The highest BCUT2D eigenvalue weighted by Crippen LogP contribution is 2.40. The Balaban J connectivity index is 0.00000364. The highest BCUT2D eigenvalue weighted by Gasteiger charge is 2.36. The predicted octanol–water partition coefficient (Wildman–Crippen LogP) is 4.21. The topological polar surface area (TPSA) is 54.9 Å². The quantitative estimate of drug-likeness (QED) is 0.316. The van der Waals surface area contributed by atoms with E-state index in [2.05, 4.69) is 36.4 Å². The summed E-state index contributed by atoms with van der Waals surface area (Å²) in [5.41, 5.74) is 0.549. The lowest BCUT2D eigenvalue weighted by Crippen LogP contribution is -2.49. The lowest BCUT2D eigenvalue weighted by Gasteiger charge is -2.40. The molecule has 1 aliphatic heterocycles. The van der Waals surface area contributed by atoms with Gasteiger partial charge in [-0.15, -0.1) is 24.0 Å². The summed E-state index contributed by atoms with van der Waals surface area (Å²) in [5.74, 6) is 1.46. The summed E-state index contributed by atoms with van der Waals surface area (Å²) in [6, 6.07) is 0. The van der Waals surface area contributed by atoms with Crippen LogP contribution in [-0.4, -0.2) is 52.5 Å². The fourth-order valence-electron chi connectivity index (χ4n) is 4.69. The van der Waals surface area contributed by atoms with Crippen molar-refractivity contribution in [1.29, 1.82) is 0 Å². The van der Waals surface area contributed by atoms with Gasteiger partial charge >= 0.3 is 0 Å². The maximum atomic E-state index is 6.11. The van der Waals surface area contributed by atoms with Gasteiger partial charge in [-0.1, -0.05) is 33.6 Å². The molecular formula is C21H42IN3O2. The Morgan fingerprint density at radius 2 is 1.89 bits per heavy atom. The second-order valence-corrected chi connectivity index (χ2v) is 9.32. The van der Waals surface area contributed by atoms with E-state index in [4.69, 9.17) is 9.47 Å². The van der Waals surface area contributed by atoms with Gasteiger partial charge in [-0.3, -0.25) is 4.99 Å². The Hall–Kier alpha value is -0.0800. The minimum Gasteiger partial charge on any atom is -0.385 e. The molecule has 2 atom stereocenters. The van der Waals surface area contributed by atoms with Gasteiger partial charge in [0, 0.05) is 46.4 Å². The second-order valence-electron chi connectivity index (χ2n) is 9.32. The van der Waals surface area contributed by atoms with Crippen LogP contribution in [-0.2, 0) is 9.47 Å². The summed E-state index contributed by atoms with van der Waals surface area (Å²) in [6.45, 7) is 10.5. The summed E-state index contributed by atoms with van der Waals surface area (Å²) in [7, 11) is 3.67. The number of aliphatic imine (C=N–C) groups is 1. The van der Waals surface area contributed by atoms with Crippen LogP contribution in [0.1, 0.15) is 65.7 Å². The van der Waals surface area contributed by atoms with Crippen LogP contribution in [0.3, 0.4) is 0 Å². The molecule has 6 heteroatoms. The van der Waals surface area contributed by atoms with Crippen molar-refractivity contribution in [2.75, 3.05) is 40.5 Å². The van der Waals surface area contributed by atoms with Crippen LogP contribution in [0, 0.1) is 16.7 Å². The smallest absolute Gasteiger partial charge is 0.191 e. The van der Waals surface area contributed by atoms with E-state index in [0.717, 1.165) is 45.1 Å². The Labute approximate surface area is 183 Å². The zero-order valence-electron chi connectivity index (χ0n) is 18.1. The van der Waals surface area contributed by atoms with E-state index in [-0.39, 0.29) is 29.4 Å². The van der Waals surface area contributed by atoms with Crippen molar-refractivity contribution in [2.45, 2.75) is 71.8 Å². The first kappa shape index (κ1) is 25.0. The molecule has 1 heterocycles. The van der Waals surface area contributed by atoms with Crippen molar-refractivity contribution in [3.8, 4) is 0 Å². The van der Waals surface area contributed by atoms with Gasteiger partial charge in [-0.25, -0.2) is 0 Å². The average molecular weight is 495 g/mol. The van der Waals surface area contributed by atoms with Crippen LogP contribution < -0.4 is 10.6 Å². The maximum absolute atomic E-state index is 6.11. The number of hydrogen-bond acceptors (Lipinski definition) is 3. The summed E-state index contributed by atoms with van der Waals surface area (Å²) in [4.78, 5) is 4.45. The fraction of sp³-hybridized carbons (Fsp3) is 0.952. The summed E-state index contributed by atoms with van der Waals surface area (Å²) in [5, 5.41) is 7.16. The highest BCUT2D eigenvalue weighted by atomic mass is 127. The molecule has 1 aliphatic carbocycles. The van der Waals surface area contributed by atoms with E-state index in [1.807, 2.05) is 7.05 Å². The minimum absolute atomic E-state index is 0. The number of hydrogen-bond donors (Lipinski definition) is 2. The Kier molecular flexibility index (Phi) is 10.9. The molecule has 2 aliphatic rings. The first-order chi connectivity index (χ1) is 12.4. The molecule has 1 saturated heterocycles. The zero-order chi connectivity index (χ0) is 19.0. The van der Waals surface area contributed by atoms with E-state index >= 15 is 0 Å². The molecule has 0 bridgehead atoms. The number of rotatable bonds is 7. The molecule has 160 valence electrons. The lowest BCUT2D eigenvalue weighted by molar-refractivity contribution is -0.0835. The first-order valence-corrected chi connectivity index (χ1v) is 10.5. The number of guanidine groups is 1. The average Bonchev–Trinajstić information content (AvgIpc) is 3.09. The van der Waals surface area contributed by atoms with Crippen LogP contribution in [0.2, 0.25) is 0 Å². The standard InChI is InChI=1S/C21H41N3O2.HI/c1-20(2,3)18-17(9-8-13-26-18)15-23-19(22-4)24-16-21(12-14-25-5)10-6-7-11-21;/h17-18H,6-16H2,1-5H3,(H2,22,23,24);1H. The Bertz CT molecular complexity index is 445. The molecule has 0 aromatic carbocycles. The third kappa shape index (κ3) is 7.69. The van der Waals surface area contributed by atoms with Crippen LogP contribution >= 0.6 is 24.0 Å². The van der Waals surface area contributed by atoms with E-state index in [0.29, 0.717) is 17.4 Å². The molecule has 2 unspecified atom stereocenters. The summed E-state index contributed by atoms with van der Waals surface area (Å²) < 4.78 is 11.5. The van der Waals surface area contributed by atoms with Gasteiger partial charge in [0.2, 0.25) is 0 Å². The normalized spacial score (nSPS) is 25.7. The van der Waals surface area contributed by atoms with Crippen LogP contribution in [0.15, 0.2) is 4.99 Å². The van der Waals surface area contributed by atoms with Crippen LogP contribution in [0.5, 0.6) is 0 Å². The molecule has 2 rings (SSSR count). The zero-order valence-corrected chi connectivity index (χ0v) is 20.4. The van der Waals surface area contributed by atoms with Gasteiger partial charge in [0.25, 0.3) is 0 Å². The summed E-state index contributed by atoms with van der Waals surface area (Å²) in [6.07, 6.45) is 9.09. The maximum Gasteiger partial charge on any atom is 0.191 e. The van der Waals surface area contributed by atoms with Crippen LogP contribution in [0.4, 0.5) is 0 Å². The number of halogens is 1. The van der Waals surface area contributed by atoms with Gasteiger partial charge < -0.3 is 20.1 Å². The summed E-state index contributed by atoms with van der Waals surface area (Å²) >= 11 is 0. The fourth-order valence-corrected chi connectivity index (χ4v) is 4.69. The van der Waals surface area contributed by atoms with Crippen molar-refractivity contribution in [2.24, 2.45) is 21.7 Å². The molecule has 0 aromatic rings. The molecule has 27 heavy (non-hydrogen) atoms. The van der Waals surface area contributed by atoms with E-state index in [1.165, 1.54) is 32.1 Å².